The van der Waals surface area contributed by atoms with E-state index >= 15 is 0 Å². The van der Waals surface area contributed by atoms with Crippen molar-refractivity contribution in [3.63, 3.8) is 0 Å². The Morgan fingerprint density at radius 1 is 1.22 bits per heavy atom. The Balaban J connectivity index is 2.26. The van der Waals surface area contributed by atoms with E-state index in [-0.39, 0.29) is 12.0 Å². The van der Waals surface area contributed by atoms with E-state index in [9.17, 15) is 9.90 Å². The Labute approximate surface area is 164 Å². The molecule has 0 spiro atoms. The fourth-order valence-electron chi connectivity index (χ4n) is 4.16. The predicted octanol–water partition coefficient (Wildman–Crippen LogP) is 4.85. The highest BCUT2D eigenvalue weighted by atomic mass is 16.5. The standard InChI is InChI=1S/C23H35NO3/c1-4-24(5-2)18-12-13-19(3)27-23(22(25)26,20-14-8-6-9-15-20)21-16-10-7-11-17-21/h6,8-9,12-15,19,21H,4-5,7,10-11,16-18H2,1-3H3,(H,25,26). The number of hydrogen-bond acceptors (Lipinski definition) is 3. The van der Waals surface area contributed by atoms with Crippen LogP contribution < -0.4 is 0 Å². The molecule has 0 bridgehead atoms. The minimum atomic E-state index is -1.28. The van der Waals surface area contributed by atoms with Gasteiger partial charge in [-0.3, -0.25) is 0 Å². The summed E-state index contributed by atoms with van der Waals surface area (Å²) in [5, 5.41) is 10.3. The van der Waals surface area contributed by atoms with Gasteiger partial charge in [-0.05, 0) is 38.4 Å². The maximum atomic E-state index is 12.6. The van der Waals surface area contributed by atoms with Gasteiger partial charge in [0.15, 0.2) is 5.60 Å². The summed E-state index contributed by atoms with van der Waals surface area (Å²) in [5.41, 5.74) is -0.519. The van der Waals surface area contributed by atoms with Gasteiger partial charge in [-0.15, -0.1) is 0 Å². The Hall–Kier alpha value is -1.65. The van der Waals surface area contributed by atoms with Crippen LogP contribution in [-0.2, 0) is 15.1 Å². The number of carbonyl (C=O) groups is 1. The van der Waals surface area contributed by atoms with Crippen LogP contribution in [0.25, 0.3) is 0 Å². The van der Waals surface area contributed by atoms with Crippen LogP contribution >= 0.6 is 0 Å². The van der Waals surface area contributed by atoms with E-state index in [4.69, 9.17) is 4.74 Å². The molecule has 2 rings (SSSR count). The second kappa shape index (κ2) is 10.6. The zero-order chi connectivity index (χ0) is 19.7. The zero-order valence-corrected chi connectivity index (χ0v) is 17.1. The van der Waals surface area contributed by atoms with Crippen LogP contribution in [0.5, 0.6) is 0 Å². The molecule has 4 nitrogen and oxygen atoms in total. The normalized spacial score (nSPS) is 19.3. The molecule has 2 atom stereocenters. The number of likely N-dealkylation sites (N-methyl/N-ethyl adjacent to an activating group) is 1. The maximum Gasteiger partial charge on any atom is 0.340 e. The molecule has 1 aromatic rings. The fourth-order valence-corrected chi connectivity index (χ4v) is 4.16. The molecule has 0 radical (unpaired) electrons. The molecule has 2 unspecified atom stereocenters. The van der Waals surface area contributed by atoms with Gasteiger partial charge in [0.05, 0.1) is 6.10 Å². The van der Waals surface area contributed by atoms with Crippen LogP contribution in [-0.4, -0.2) is 41.7 Å². The number of ether oxygens (including phenoxy) is 1. The fraction of sp³-hybridized carbons (Fsp3) is 0.609. The summed E-state index contributed by atoms with van der Waals surface area (Å²) < 4.78 is 6.37. The van der Waals surface area contributed by atoms with Gasteiger partial charge < -0.3 is 14.7 Å². The number of nitrogens with zero attached hydrogens (tertiary/aromatic N) is 1. The molecule has 1 aliphatic rings. The van der Waals surface area contributed by atoms with Crippen molar-refractivity contribution in [2.24, 2.45) is 5.92 Å². The number of carboxylic acid groups (broad SMARTS) is 1. The molecule has 1 aliphatic carbocycles. The molecule has 27 heavy (non-hydrogen) atoms. The third-order valence-electron chi connectivity index (χ3n) is 5.74. The summed E-state index contributed by atoms with van der Waals surface area (Å²) in [5.74, 6) is -0.866. The van der Waals surface area contributed by atoms with E-state index in [0.29, 0.717) is 0 Å². The van der Waals surface area contributed by atoms with Gasteiger partial charge in [0.2, 0.25) is 0 Å². The topological polar surface area (TPSA) is 49.8 Å². The van der Waals surface area contributed by atoms with Crippen molar-refractivity contribution in [1.82, 2.24) is 4.90 Å². The Morgan fingerprint density at radius 3 is 2.41 bits per heavy atom. The molecule has 0 aliphatic heterocycles. The third kappa shape index (κ3) is 5.43. The molecular formula is C23H35NO3. The van der Waals surface area contributed by atoms with Crippen molar-refractivity contribution in [2.45, 2.75) is 64.6 Å². The summed E-state index contributed by atoms with van der Waals surface area (Å²) in [7, 11) is 0. The summed E-state index contributed by atoms with van der Waals surface area (Å²) >= 11 is 0. The monoisotopic (exact) mass is 373 g/mol. The molecule has 150 valence electrons. The first-order chi connectivity index (χ1) is 13.0. The lowest BCUT2D eigenvalue weighted by Gasteiger charge is -2.40. The Bertz CT molecular complexity index is 591. The molecule has 1 N–H and O–H groups in total. The van der Waals surface area contributed by atoms with Gasteiger partial charge in [0.25, 0.3) is 0 Å². The summed E-state index contributed by atoms with van der Waals surface area (Å²) in [6, 6.07) is 9.52. The Kier molecular flexibility index (Phi) is 8.52. The maximum absolute atomic E-state index is 12.6. The first-order valence-corrected chi connectivity index (χ1v) is 10.4. The number of rotatable bonds is 10. The van der Waals surface area contributed by atoms with Gasteiger partial charge in [-0.25, -0.2) is 4.79 Å². The Morgan fingerprint density at radius 2 is 1.85 bits per heavy atom. The quantitative estimate of drug-likeness (QED) is 0.596. The minimum absolute atomic E-state index is 0.00443. The highest BCUT2D eigenvalue weighted by Crippen LogP contribution is 2.43. The third-order valence-corrected chi connectivity index (χ3v) is 5.74. The molecular weight excluding hydrogens is 338 g/mol. The molecule has 1 aromatic carbocycles. The number of carboxylic acids is 1. The van der Waals surface area contributed by atoms with Crippen molar-refractivity contribution in [2.75, 3.05) is 19.6 Å². The average molecular weight is 374 g/mol. The first kappa shape index (κ1) is 21.6. The average Bonchev–Trinajstić information content (AvgIpc) is 2.70. The molecule has 0 amide bonds. The van der Waals surface area contributed by atoms with E-state index in [0.717, 1.165) is 50.9 Å². The molecule has 1 fully saturated rings. The van der Waals surface area contributed by atoms with Crippen LogP contribution in [0.1, 0.15) is 58.4 Å². The molecule has 1 saturated carbocycles. The van der Waals surface area contributed by atoms with Gasteiger partial charge >= 0.3 is 5.97 Å². The van der Waals surface area contributed by atoms with Crippen LogP contribution in [0.2, 0.25) is 0 Å². The zero-order valence-electron chi connectivity index (χ0n) is 17.1. The van der Waals surface area contributed by atoms with E-state index in [1.54, 1.807) is 0 Å². The van der Waals surface area contributed by atoms with E-state index < -0.39 is 11.6 Å². The SMILES string of the molecule is CCN(CC)CC=CC(C)OC(C(=O)O)(c1ccccc1)C1CCCCC1. The molecule has 4 heteroatoms. The van der Waals surface area contributed by atoms with Gasteiger partial charge in [-0.2, -0.15) is 0 Å². The lowest BCUT2D eigenvalue weighted by atomic mass is 9.73. The number of aliphatic carboxylic acids is 1. The lowest BCUT2D eigenvalue weighted by Crippen LogP contribution is -2.48. The van der Waals surface area contributed by atoms with E-state index in [2.05, 4.69) is 24.8 Å². The smallest absolute Gasteiger partial charge is 0.340 e. The van der Waals surface area contributed by atoms with Gasteiger partial charge in [0.1, 0.15) is 0 Å². The number of hydrogen-bond donors (Lipinski definition) is 1. The van der Waals surface area contributed by atoms with Crippen LogP contribution in [0.4, 0.5) is 0 Å². The van der Waals surface area contributed by atoms with E-state index in [1.807, 2.05) is 43.3 Å². The number of benzene rings is 1. The lowest BCUT2D eigenvalue weighted by molar-refractivity contribution is -0.185. The van der Waals surface area contributed by atoms with Gasteiger partial charge in [0, 0.05) is 12.5 Å². The second-order valence-electron chi connectivity index (χ2n) is 7.48. The summed E-state index contributed by atoms with van der Waals surface area (Å²) in [6.45, 7) is 9.09. The van der Waals surface area contributed by atoms with Crippen LogP contribution in [0.3, 0.4) is 0 Å². The highest BCUT2D eigenvalue weighted by molar-refractivity contribution is 5.80. The van der Waals surface area contributed by atoms with Crippen molar-refractivity contribution in [3.05, 3.63) is 48.0 Å². The highest BCUT2D eigenvalue weighted by Gasteiger charge is 2.49. The summed E-state index contributed by atoms with van der Waals surface area (Å²) in [6.07, 6.45) is 8.95. The van der Waals surface area contributed by atoms with Gasteiger partial charge in [-0.1, -0.05) is 75.6 Å². The van der Waals surface area contributed by atoms with Crippen molar-refractivity contribution in [1.29, 1.82) is 0 Å². The van der Waals surface area contributed by atoms with Crippen LogP contribution in [0, 0.1) is 5.92 Å². The molecule has 0 saturated heterocycles. The largest absolute Gasteiger partial charge is 0.479 e. The molecule has 0 heterocycles. The van der Waals surface area contributed by atoms with Crippen molar-refractivity contribution in [3.8, 4) is 0 Å². The minimum Gasteiger partial charge on any atom is -0.479 e. The van der Waals surface area contributed by atoms with Crippen LogP contribution in [0.15, 0.2) is 42.5 Å². The molecule has 0 aromatic heterocycles. The van der Waals surface area contributed by atoms with E-state index in [1.165, 1.54) is 6.42 Å². The predicted molar refractivity (Wildman–Crippen MR) is 110 cm³/mol. The second-order valence-corrected chi connectivity index (χ2v) is 7.48. The summed E-state index contributed by atoms with van der Waals surface area (Å²) in [4.78, 5) is 14.9. The van der Waals surface area contributed by atoms with Crippen molar-refractivity contribution < 1.29 is 14.6 Å². The van der Waals surface area contributed by atoms with Crippen molar-refractivity contribution >= 4 is 5.97 Å². The first-order valence-electron chi connectivity index (χ1n) is 10.4.